The second kappa shape index (κ2) is 7.21. The Balaban J connectivity index is 1.60. The maximum Gasteiger partial charge on any atom is 0.322 e. The Bertz CT molecular complexity index is 815. The minimum Gasteiger partial charge on any atom is -0.408 e. The van der Waals surface area contributed by atoms with Crippen LogP contribution in [-0.4, -0.2) is 42.1 Å². The molecule has 9 nitrogen and oxygen atoms in total. The summed E-state index contributed by atoms with van der Waals surface area (Å²) in [6.45, 7) is 3.86. The fourth-order valence-corrected chi connectivity index (χ4v) is 2.49. The number of benzene rings is 1. The lowest BCUT2D eigenvalue weighted by Gasteiger charge is -2.03. The van der Waals surface area contributed by atoms with E-state index in [2.05, 4.69) is 31.0 Å². The van der Waals surface area contributed by atoms with E-state index in [1.165, 1.54) is 11.8 Å². The molecule has 0 aliphatic heterocycles. The zero-order valence-corrected chi connectivity index (χ0v) is 13.9. The molecule has 10 heteroatoms. The van der Waals surface area contributed by atoms with Crippen molar-refractivity contribution in [3.63, 3.8) is 0 Å². The van der Waals surface area contributed by atoms with Crippen LogP contribution in [0.4, 0.5) is 6.01 Å². The van der Waals surface area contributed by atoms with Crippen LogP contribution < -0.4 is 5.32 Å². The lowest BCUT2D eigenvalue weighted by atomic mass is 10.2. The quantitative estimate of drug-likeness (QED) is 0.674. The molecular weight excluding hydrogens is 330 g/mol. The Hall–Kier alpha value is -2.75. The summed E-state index contributed by atoms with van der Waals surface area (Å²) in [6.07, 6.45) is 0. The van der Waals surface area contributed by atoms with Crippen molar-refractivity contribution in [3.8, 4) is 5.69 Å². The Morgan fingerprint density at radius 3 is 2.75 bits per heavy atom. The van der Waals surface area contributed by atoms with Gasteiger partial charge in [-0.05, 0) is 22.6 Å². The normalized spacial score (nSPS) is 11.0. The van der Waals surface area contributed by atoms with Crippen LogP contribution >= 0.6 is 11.8 Å². The molecule has 2 heterocycles. The third kappa shape index (κ3) is 3.77. The van der Waals surface area contributed by atoms with Crippen LogP contribution in [0.2, 0.25) is 0 Å². The highest BCUT2D eigenvalue weighted by Gasteiger charge is 2.14. The monoisotopic (exact) mass is 345 g/mol. The van der Waals surface area contributed by atoms with Gasteiger partial charge in [-0.25, -0.2) is 0 Å². The summed E-state index contributed by atoms with van der Waals surface area (Å²) in [6, 6.07) is 9.54. The van der Waals surface area contributed by atoms with E-state index in [0.717, 1.165) is 5.69 Å². The highest BCUT2D eigenvalue weighted by Crippen LogP contribution is 2.19. The van der Waals surface area contributed by atoms with Crippen molar-refractivity contribution in [2.75, 3.05) is 11.1 Å². The minimum absolute atomic E-state index is 0.0898. The van der Waals surface area contributed by atoms with Crippen LogP contribution in [0.5, 0.6) is 0 Å². The summed E-state index contributed by atoms with van der Waals surface area (Å²) in [5, 5.41) is 22.2. The van der Waals surface area contributed by atoms with E-state index in [0.29, 0.717) is 11.0 Å². The smallest absolute Gasteiger partial charge is 0.322 e. The number of rotatable bonds is 6. The molecule has 2 aromatic heterocycles. The SMILES string of the molecule is CC(C)c1nnc(NC(=O)CSc2nnnn2-c2ccccc2)o1. The maximum absolute atomic E-state index is 12.0. The predicted molar refractivity (Wildman–Crippen MR) is 86.9 cm³/mol. The average Bonchev–Trinajstić information content (AvgIpc) is 3.23. The third-order valence-electron chi connectivity index (χ3n) is 2.95. The van der Waals surface area contributed by atoms with Crippen molar-refractivity contribution in [2.24, 2.45) is 0 Å². The number of para-hydroxylation sites is 1. The van der Waals surface area contributed by atoms with Gasteiger partial charge in [0, 0.05) is 5.92 Å². The molecule has 0 bridgehead atoms. The summed E-state index contributed by atoms with van der Waals surface area (Å²) in [4.78, 5) is 12.0. The highest BCUT2D eigenvalue weighted by molar-refractivity contribution is 7.99. The summed E-state index contributed by atoms with van der Waals surface area (Å²) < 4.78 is 6.91. The standard InChI is InChI=1S/C14H15N7O2S/c1-9(2)12-16-17-13(23-12)15-11(22)8-24-14-18-19-20-21(14)10-6-4-3-5-7-10/h3-7,9H,8H2,1-2H3,(H,15,17,22). The number of thioether (sulfide) groups is 1. The Labute approximate surface area is 141 Å². The summed E-state index contributed by atoms with van der Waals surface area (Å²) >= 11 is 1.21. The predicted octanol–water partition coefficient (Wildman–Crippen LogP) is 1.90. The molecule has 24 heavy (non-hydrogen) atoms. The van der Waals surface area contributed by atoms with Crippen molar-refractivity contribution in [3.05, 3.63) is 36.2 Å². The number of nitrogens with zero attached hydrogens (tertiary/aromatic N) is 6. The molecule has 0 unspecified atom stereocenters. The molecular formula is C14H15N7O2S. The summed E-state index contributed by atoms with van der Waals surface area (Å²) in [5.41, 5.74) is 0.823. The summed E-state index contributed by atoms with van der Waals surface area (Å²) in [7, 11) is 0. The van der Waals surface area contributed by atoms with E-state index in [4.69, 9.17) is 4.42 Å². The van der Waals surface area contributed by atoms with Crippen LogP contribution in [0.15, 0.2) is 39.9 Å². The number of amides is 1. The van der Waals surface area contributed by atoms with Gasteiger partial charge in [0.1, 0.15) is 0 Å². The molecule has 0 fully saturated rings. The van der Waals surface area contributed by atoms with Gasteiger partial charge in [0.25, 0.3) is 0 Å². The van der Waals surface area contributed by atoms with Crippen LogP contribution in [0.25, 0.3) is 5.69 Å². The number of aromatic nitrogens is 6. The number of carbonyl (C=O) groups is 1. The zero-order chi connectivity index (χ0) is 16.9. The van der Waals surface area contributed by atoms with Gasteiger partial charge in [0.05, 0.1) is 11.4 Å². The van der Waals surface area contributed by atoms with Gasteiger partial charge < -0.3 is 4.42 Å². The molecule has 1 amide bonds. The molecule has 0 saturated carbocycles. The minimum atomic E-state index is -0.276. The Kier molecular flexibility index (Phi) is 4.85. The molecule has 0 aliphatic carbocycles. The van der Waals surface area contributed by atoms with Crippen LogP contribution in [-0.2, 0) is 4.79 Å². The lowest BCUT2D eigenvalue weighted by molar-refractivity contribution is -0.113. The molecule has 0 atom stereocenters. The molecule has 1 aromatic carbocycles. The molecule has 0 saturated heterocycles. The maximum atomic E-state index is 12.0. The molecule has 1 N–H and O–H groups in total. The van der Waals surface area contributed by atoms with Crippen molar-refractivity contribution in [1.82, 2.24) is 30.4 Å². The van der Waals surface area contributed by atoms with Gasteiger partial charge in [-0.15, -0.1) is 10.2 Å². The van der Waals surface area contributed by atoms with Gasteiger partial charge in [-0.1, -0.05) is 48.9 Å². The van der Waals surface area contributed by atoms with E-state index < -0.39 is 0 Å². The largest absolute Gasteiger partial charge is 0.408 e. The molecule has 124 valence electrons. The van der Waals surface area contributed by atoms with Gasteiger partial charge >= 0.3 is 6.01 Å². The van der Waals surface area contributed by atoms with Gasteiger partial charge in [0.2, 0.25) is 17.0 Å². The molecule has 0 aliphatic rings. The van der Waals surface area contributed by atoms with E-state index in [-0.39, 0.29) is 23.6 Å². The fraction of sp³-hybridized carbons (Fsp3) is 0.286. The van der Waals surface area contributed by atoms with Crippen LogP contribution in [0.3, 0.4) is 0 Å². The first-order valence-corrected chi connectivity index (χ1v) is 8.22. The van der Waals surface area contributed by atoms with E-state index >= 15 is 0 Å². The van der Waals surface area contributed by atoms with Gasteiger partial charge in [0.15, 0.2) is 0 Å². The second-order valence-corrected chi connectivity index (χ2v) is 6.09. The number of anilines is 1. The zero-order valence-electron chi connectivity index (χ0n) is 13.1. The van der Waals surface area contributed by atoms with Crippen molar-refractivity contribution >= 4 is 23.7 Å². The first-order chi connectivity index (χ1) is 11.6. The molecule has 0 spiro atoms. The number of hydrogen-bond acceptors (Lipinski definition) is 8. The first kappa shape index (κ1) is 16.1. The lowest BCUT2D eigenvalue weighted by Crippen LogP contribution is -2.14. The third-order valence-corrected chi connectivity index (χ3v) is 3.87. The molecule has 0 radical (unpaired) electrons. The van der Waals surface area contributed by atoms with Crippen molar-refractivity contribution < 1.29 is 9.21 Å². The Morgan fingerprint density at radius 1 is 1.25 bits per heavy atom. The topological polar surface area (TPSA) is 112 Å². The van der Waals surface area contributed by atoms with Gasteiger partial charge in [-0.2, -0.15) is 4.68 Å². The molecule has 3 rings (SSSR count). The van der Waals surface area contributed by atoms with E-state index in [9.17, 15) is 4.79 Å². The second-order valence-electron chi connectivity index (χ2n) is 5.15. The average molecular weight is 345 g/mol. The van der Waals surface area contributed by atoms with E-state index in [1.807, 2.05) is 44.2 Å². The van der Waals surface area contributed by atoms with Crippen LogP contribution in [0, 0.1) is 0 Å². The molecule has 3 aromatic rings. The fourth-order valence-electron chi connectivity index (χ4n) is 1.80. The Morgan fingerprint density at radius 2 is 2.04 bits per heavy atom. The van der Waals surface area contributed by atoms with Gasteiger partial charge in [-0.3, -0.25) is 10.1 Å². The summed E-state index contributed by atoms with van der Waals surface area (Å²) in [5.74, 6) is 0.424. The van der Waals surface area contributed by atoms with Crippen LogP contribution in [0.1, 0.15) is 25.7 Å². The number of carbonyl (C=O) groups excluding carboxylic acids is 1. The number of tetrazole rings is 1. The highest BCUT2D eigenvalue weighted by atomic mass is 32.2. The van der Waals surface area contributed by atoms with E-state index in [1.54, 1.807) is 4.68 Å². The number of nitrogens with one attached hydrogen (secondary N) is 1. The van der Waals surface area contributed by atoms with Crippen molar-refractivity contribution in [1.29, 1.82) is 0 Å². The number of hydrogen-bond donors (Lipinski definition) is 1. The van der Waals surface area contributed by atoms with Crippen molar-refractivity contribution in [2.45, 2.75) is 24.9 Å². The first-order valence-electron chi connectivity index (χ1n) is 7.23.